The number of nitrogens with one attached hydrogen (secondary N) is 2. The highest BCUT2D eigenvalue weighted by atomic mass is 16.1. The van der Waals surface area contributed by atoms with Crippen molar-refractivity contribution in [2.24, 2.45) is 0 Å². The maximum absolute atomic E-state index is 11.6. The van der Waals surface area contributed by atoms with E-state index in [0.29, 0.717) is 19.1 Å². The Morgan fingerprint density at radius 1 is 1.26 bits per heavy atom. The number of hydrogen-bond donors (Lipinski definition) is 2. The summed E-state index contributed by atoms with van der Waals surface area (Å²) in [7, 11) is 2.09. The van der Waals surface area contributed by atoms with Crippen molar-refractivity contribution in [1.29, 1.82) is 0 Å². The minimum atomic E-state index is 0.0380. The highest BCUT2D eigenvalue weighted by Gasteiger charge is 2.03. The normalized spacial score (nSPS) is 11.0. The monoisotopic (exact) mass is 263 g/mol. The third-order valence-corrected chi connectivity index (χ3v) is 3.14. The Morgan fingerprint density at radius 2 is 1.95 bits per heavy atom. The molecule has 19 heavy (non-hydrogen) atoms. The van der Waals surface area contributed by atoms with Crippen molar-refractivity contribution in [2.45, 2.75) is 26.4 Å². The average molecular weight is 263 g/mol. The van der Waals surface area contributed by atoms with E-state index in [1.165, 1.54) is 0 Å². The van der Waals surface area contributed by atoms with Crippen molar-refractivity contribution in [3.8, 4) is 0 Å². The van der Waals surface area contributed by atoms with Crippen molar-refractivity contribution < 1.29 is 4.79 Å². The molecule has 0 fully saturated rings. The minimum absolute atomic E-state index is 0.0380. The van der Waals surface area contributed by atoms with Gasteiger partial charge in [0, 0.05) is 25.7 Å². The molecule has 4 nitrogen and oxygen atoms in total. The summed E-state index contributed by atoms with van der Waals surface area (Å²) in [6.07, 6.45) is 0. The zero-order chi connectivity index (χ0) is 14.1. The SMILES string of the molecule is CC(C)N(C)CCNCC(=O)NCc1ccccc1. The molecule has 0 aliphatic heterocycles. The molecule has 0 aliphatic carbocycles. The first-order valence-corrected chi connectivity index (χ1v) is 6.81. The molecule has 106 valence electrons. The summed E-state index contributed by atoms with van der Waals surface area (Å²) >= 11 is 0. The molecule has 4 heteroatoms. The van der Waals surface area contributed by atoms with Crippen molar-refractivity contribution in [3.63, 3.8) is 0 Å². The van der Waals surface area contributed by atoms with Crippen LogP contribution in [0.2, 0.25) is 0 Å². The van der Waals surface area contributed by atoms with Gasteiger partial charge in [0.15, 0.2) is 0 Å². The molecule has 0 unspecified atom stereocenters. The summed E-state index contributed by atoms with van der Waals surface area (Å²) < 4.78 is 0. The molecule has 1 aromatic rings. The third-order valence-electron chi connectivity index (χ3n) is 3.14. The maximum Gasteiger partial charge on any atom is 0.234 e. The second kappa shape index (κ2) is 8.67. The lowest BCUT2D eigenvalue weighted by Gasteiger charge is -2.20. The Balaban J connectivity index is 2.09. The quantitative estimate of drug-likeness (QED) is 0.694. The summed E-state index contributed by atoms with van der Waals surface area (Å²) in [6, 6.07) is 10.5. The van der Waals surface area contributed by atoms with Gasteiger partial charge in [0.1, 0.15) is 0 Å². The summed E-state index contributed by atoms with van der Waals surface area (Å²) in [5.41, 5.74) is 1.12. The van der Waals surface area contributed by atoms with Crippen LogP contribution in [-0.4, -0.2) is 43.5 Å². The van der Waals surface area contributed by atoms with Crippen LogP contribution in [0.25, 0.3) is 0 Å². The first-order valence-electron chi connectivity index (χ1n) is 6.81. The number of likely N-dealkylation sites (N-methyl/N-ethyl adjacent to an activating group) is 1. The van der Waals surface area contributed by atoms with Crippen LogP contribution in [0.5, 0.6) is 0 Å². The number of nitrogens with zero attached hydrogens (tertiary/aromatic N) is 1. The predicted molar refractivity (Wildman–Crippen MR) is 78.9 cm³/mol. The summed E-state index contributed by atoms with van der Waals surface area (Å²) in [4.78, 5) is 13.9. The molecular weight excluding hydrogens is 238 g/mol. The molecule has 0 heterocycles. The van der Waals surface area contributed by atoms with Crippen molar-refractivity contribution >= 4 is 5.91 Å². The maximum atomic E-state index is 11.6. The number of amides is 1. The first-order chi connectivity index (χ1) is 9.09. The molecule has 0 bridgehead atoms. The van der Waals surface area contributed by atoms with Gasteiger partial charge in [-0.25, -0.2) is 0 Å². The van der Waals surface area contributed by atoms with Crippen LogP contribution in [0.15, 0.2) is 30.3 Å². The largest absolute Gasteiger partial charge is 0.351 e. The standard InChI is InChI=1S/C15H25N3O/c1-13(2)18(3)10-9-16-12-15(19)17-11-14-7-5-4-6-8-14/h4-8,13,16H,9-12H2,1-3H3,(H,17,19). The van der Waals surface area contributed by atoms with Crippen LogP contribution in [0, 0.1) is 0 Å². The number of rotatable bonds is 8. The van der Waals surface area contributed by atoms with Gasteiger partial charge >= 0.3 is 0 Å². The van der Waals surface area contributed by atoms with Gasteiger partial charge in [-0.2, -0.15) is 0 Å². The Hall–Kier alpha value is -1.39. The van der Waals surface area contributed by atoms with E-state index in [1.807, 2.05) is 30.3 Å². The topological polar surface area (TPSA) is 44.4 Å². The van der Waals surface area contributed by atoms with Crippen molar-refractivity contribution in [2.75, 3.05) is 26.7 Å². The van der Waals surface area contributed by atoms with Crippen LogP contribution in [0.3, 0.4) is 0 Å². The van der Waals surface area contributed by atoms with E-state index in [9.17, 15) is 4.79 Å². The van der Waals surface area contributed by atoms with E-state index in [4.69, 9.17) is 0 Å². The zero-order valence-corrected chi connectivity index (χ0v) is 12.1. The van der Waals surface area contributed by atoms with E-state index in [2.05, 4.69) is 36.4 Å². The van der Waals surface area contributed by atoms with E-state index < -0.39 is 0 Å². The van der Waals surface area contributed by atoms with Crippen LogP contribution < -0.4 is 10.6 Å². The summed E-state index contributed by atoms with van der Waals surface area (Å²) in [6.45, 7) is 7.06. The average Bonchev–Trinajstić information content (AvgIpc) is 2.42. The lowest BCUT2D eigenvalue weighted by Crippen LogP contribution is -2.38. The molecule has 0 saturated carbocycles. The summed E-state index contributed by atoms with van der Waals surface area (Å²) in [5, 5.41) is 6.05. The van der Waals surface area contributed by atoms with Crippen LogP contribution in [0.4, 0.5) is 0 Å². The fourth-order valence-corrected chi connectivity index (χ4v) is 1.57. The molecule has 0 aromatic heterocycles. The molecular formula is C15H25N3O. The molecule has 0 saturated heterocycles. The van der Waals surface area contributed by atoms with E-state index in [-0.39, 0.29) is 5.91 Å². The molecule has 0 atom stereocenters. The third kappa shape index (κ3) is 6.94. The zero-order valence-electron chi connectivity index (χ0n) is 12.1. The van der Waals surface area contributed by atoms with Crippen molar-refractivity contribution in [1.82, 2.24) is 15.5 Å². The fourth-order valence-electron chi connectivity index (χ4n) is 1.57. The fraction of sp³-hybridized carbons (Fsp3) is 0.533. The Bertz CT molecular complexity index is 365. The van der Waals surface area contributed by atoms with Gasteiger partial charge in [0.25, 0.3) is 0 Å². The summed E-state index contributed by atoms with van der Waals surface area (Å²) in [5.74, 6) is 0.0380. The van der Waals surface area contributed by atoms with Crippen LogP contribution >= 0.6 is 0 Å². The predicted octanol–water partition coefficient (Wildman–Crippen LogP) is 1.23. The Morgan fingerprint density at radius 3 is 2.58 bits per heavy atom. The highest BCUT2D eigenvalue weighted by molar-refractivity contribution is 5.77. The number of carbonyl (C=O) groups excluding carboxylic acids is 1. The number of hydrogen-bond acceptors (Lipinski definition) is 3. The van der Waals surface area contributed by atoms with Gasteiger partial charge in [-0.3, -0.25) is 4.79 Å². The Labute approximate surface area is 116 Å². The molecule has 2 N–H and O–H groups in total. The second-order valence-electron chi connectivity index (χ2n) is 5.01. The van der Waals surface area contributed by atoms with E-state index in [0.717, 1.165) is 18.7 Å². The van der Waals surface area contributed by atoms with Gasteiger partial charge in [-0.15, -0.1) is 0 Å². The molecule has 0 aliphatic rings. The molecule has 1 amide bonds. The van der Waals surface area contributed by atoms with Gasteiger partial charge in [-0.1, -0.05) is 30.3 Å². The molecule has 1 rings (SSSR count). The highest BCUT2D eigenvalue weighted by Crippen LogP contribution is 1.96. The molecule has 1 aromatic carbocycles. The van der Waals surface area contributed by atoms with E-state index >= 15 is 0 Å². The first kappa shape index (κ1) is 15.7. The lowest BCUT2D eigenvalue weighted by atomic mass is 10.2. The van der Waals surface area contributed by atoms with Crippen LogP contribution in [-0.2, 0) is 11.3 Å². The minimum Gasteiger partial charge on any atom is -0.351 e. The van der Waals surface area contributed by atoms with E-state index in [1.54, 1.807) is 0 Å². The van der Waals surface area contributed by atoms with Gasteiger partial charge < -0.3 is 15.5 Å². The van der Waals surface area contributed by atoms with Gasteiger partial charge in [0.05, 0.1) is 6.54 Å². The lowest BCUT2D eigenvalue weighted by molar-refractivity contribution is -0.120. The van der Waals surface area contributed by atoms with Crippen LogP contribution in [0.1, 0.15) is 19.4 Å². The number of carbonyl (C=O) groups is 1. The van der Waals surface area contributed by atoms with Crippen molar-refractivity contribution in [3.05, 3.63) is 35.9 Å². The van der Waals surface area contributed by atoms with Gasteiger partial charge in [0.2, 0.25) is 5.91 Å². The Kier molecular flexibility index (Phi) is 7.15. The smallest absolute Gasteiger partial charge is 0.234 e. The van der Waals surface area contributed by atoms with Gasteiger partial charge in [-0.05, 0) is 26.5 Å². The second-order valence-corrected chi connectivity index (χ2v) is 5.01. The molecule has 0 spiro atoms. The number of benzene rings is 1. The molecule has 0 radical (unpaired) electrons.